The summed E-state index contributed by atoms with van der Waals surface area (Å²) in [5, 5.41) is 13.2. The molecule has 0 fully saturated rings. The van der Waals surface area contributed by atoms with E-state index in [4.69, 9.17) is 9.97 Å². The Morgan fingerprint density at radius 3 is 1.89 bits per heavy atom. The first-order valence-corrected chi connectivity index (χ1v) is 22.0. The molecule has 0 unspecified atom stereocenters. The van der Waals surface area contributed by atoms with Gasteiger partial charge < -0.3 is 9.67 Å². The minimum atomic E-state index is -1.71. The van der Waals surface area contributed by atoms with E-state index in [0.717, 1.165) is 61.5 Å². The van der Waals surface area contributed by atoms with Crippen LogP contribution in [0.5, 0.6) is 5.75 Å². The van der Waals surface area contributed by atoms with Crippen LogP contribution in [0.25, 0.3) is 67.1 Å². The predicted octanol–water partition coefficient (Wildman–Crippen LogP) is 11.9. The Bertz CT molecular complexity index is 2470. The van der Waals surface area contributed by atoms with Crippen LogP contribution in [0, 0.1) is 6.07 Å². The van der Waals surface area contributed by atoms with Gasteiger partial charge in [-0.1, -0.05) is 163 Å². The summed E-state index contributed by atoms with van der Waals surface area (Å²) in [6.45, 7) is 20.2. The van der Waals surface area contributed by atoms with E-state index < -0.39 is 8.07 Å². The van der Waals surface area contributed by atoms with Crippen molar-refractivity contribution in [1.29, 1.82) is 0 Å². The van der Waals surface area contributed by atoms with Gasteiger partial charge in [-0.05, 0) is 50.4 Å². The smallest absolute Gasteiger partial charge is 0.143 e. The molecule has 7 rings (SSSR count). The van der Waals surface area contributed by atoms with E-state index in [1.807, 2.05) is 7.05 Å². The Kier molecular flexibility index (Phi) is 10.6. The summed E-state index contributed by atoms with van der Waals surface area (Å²) in [7, 11) is 0.334. The van der Waals surface area contributed by atoms with Gasteiger partial charge in [-0.3, -0.25) is 4.98 Å². The van der Waals surface area contributed by atoms with E-state index in [-0.39, 0.29) is 37.6 Å². The molecule has 0 spiro atoms. The average molecular weight is 908 g/mol. The number of hydrogen-bond donors (Lipinski definition) is 1. The molecule has 0 radical (unpaired) electrons. The summed E-state index contributed by atoms with van der Waals surface area (Å²) in [4.78, 5) is 10.4. The molecule has 5 aromatic carbocycles. The molecule has 0 saturated carbocycles. The number of phenols is 1. The molecule has 4 nitrogen and oxygen atoms in total. The molecule has 1 N–H and O–H groups in total. The maximum atomic E-state index is 11.8. The maximum absolute atomic E-state index is 11.8. The standard InChI is InChI=1S/C48H50N3OSi.Pt/c1-47(2,3)36-27-39(45(52)40(28-36)48(4,5)6)46-50-44-37(22-17-23-42(44)51(46)7)34-24-33(31-18-13-11-14-19-31)25-35(26-34)41-29-38(32-20-15-12-16-21-32)43(30-49-41)53(8,9)10;/h11-25,27-30,52H,1-10H3;/q-1;. The van der Waals surface area contributed by atoms with Gasteiger partial charge in [-0.15, -0.1) is 23.8 Å². The fourth-order valence-electron chi connectivity index (χ4n) is 7.19. The topological polar surface area (TPSA) is 50.9 Å². The summed E-state index contributed by atoms with van der Waals surface area (Å²) in [5.41, 5.74) is 12.7. The molecule has 6 heteroatoms. The number of nitrogens with zero attached hydrogens (tertiary/aromatic N) is 3. The Labute approximate surface area is 336 Å². The van der Waals surface area contributed by atoms with E-state index in [1.54, 1.807) is 0 Å². The van der Waals surface area contributed by atoms with Gasteiger partial charge in [-0.25, -0.2) is 4.98 Å². The van der Waals surface area contributed by atoms with Crippen molar-refractivity contribution >= 4 is 24.3 Å². The number of phenolic OH excluding ortho intramolecular Hbond substituents is 1. The number of rotatable bonds is 6. The van der Waals surface area contributed by atoms with Gasteiger partial charge in [0.05, 0.1) is 24.7 Å². The first-order chi connectivity index (χ1) is 25.0. The zero-order chi connectivity index (χ0) is 37.9. The predicted molar refractivity (Wildman–Crippen MR) is 227 cm³/mol. The zero-order valence-electron chi connectivity index (χ0n) is 33.1. The van der Waals surface area contributed by atoms with Gasteiger partial charge in [0.15, 0.2) is 0 Å². The molecule has 278 valence electrons. The summed E-state index contributed by atoms with van der Waals surface area (Å²) < 4.78 is 2.11. The molecule has 2 heterocycles. The second kappa shape index (κ2) is 14.6. The van der Waals surface area contributed by atoms with Crippen molar-refractivity contribution < 1.29 is 26.2 Å². The van der Waals surface area contributed by atoms with Crippen molar-refractivity contribution in [3.63, 3.8) is 0 Å². The summed E-state index contributed by atoms with van der Waals surface area (Å²) in [5.74, 6) is 1.02. The molecular formula is C48H50N3OPtSi-. The Balaban J connectivity index is 0.00000497. The van der Waals surface area contributed by atoms with Crippen LogP contribution in [0.2, 0.25) is 19.6 Å². The van der Waals surface area contributed by atoms with Crippen LogP contribution in [-0.4, -0.2) is 27.7 Å². The number of pyridine rings is 1. The molecule has 2 aromatic heterocycles. The van der Waals surface area contributed by atoms with E-state index >= 15 is 0 Å². The fraction of sp³-hybridized carbons (Fsp3) is 0.250. The normalized spacial score (nSPS) is 12.2. The van der Waals surface area contributed by atoms with Crippen LogP contribution in [0.4, 0.5) is 0 Å². The van der Waals surface area contributed by atoms with Crippen LogP contribution in [0.15, 0.2) is 115 Å². The van der Waals surface area contributed by atoms with E-state index in [2.05, 4.69) is 187 Å². The van der Waals surface area contributed by atoms with E-state index in [9.17, 15) is 5.11 Å². The zero-order valence-corrected chi connectivity index (χ0v) is 36.3. The Morgan fingerprint density at radius 2 is 1.28 bits per heavy atom. The maximum Gasteiger partial charge on any atom is 0.143 e. The monoisotopic (exact) mass is 907 g/mol. The molecule has 0 aliphatic carbocycles. The van der Waals surface area contributed by atoms with Crippen molar-refractivity contribution in [2.75, 3.05) is 0 Å². The van der Waals surface area contributed by atoms with Crippen LogP contribution in [0.3, 0.4) is 0 Å². The van der Waals surface area contributed by atoms with Crippen molar-refractivity contribution in [2.24, 2.45) is 7.05 Å². The van der Waals surface area contributed by atoms with Crippen molar-refractivity contribution in [3.05, 3.63) is 133 Å². The number of benzene rings is 5. The number of aromatic nitrogens is 3. The number of aromatic hydroxyl groups is 1. The Hall–Kier alpha value is -4.57. The third kappa shape index (κ3) is 7.54. The molecule has 0 atom stereocenters. The van der Waals surface area contributed by atoms with E-state index in [0.29, 0.717) is 0 Å². The second-order valence-corrected chi connectivity index (χ2v) is 22.4. The van der Waals surface area contributed by atoms with Crippen LogP contribution >= 0.6 is 0 Å². The number of aryl methyl sites for hydroxylation is 1. The first-order valence-electron chi connectivity index (χ1n) is 18.5. The quantitative estimate of drug-likeness (QED) is 0.134. The second-order valence-electron chi connectivity index (χ2n) is 17.4. The van der Waals surface area contributed by atoms with Gasteiger partial charge >= 0.3 is 0 Å². The molecule has 0 bridgehead atoms. The minimum absolute atomic E-state index is 0. The molecule has 54 heavy (non-hydrogen) atoms. The van der Waals surface area contributed by atoms with Gasteiger partial charge in [0, 0.05) is 45.6 Å². The molecule has 0 aliphatic rings. The van der Waals surface area contributed by atoms with E-state index in [1.165, 1.54) is 21.9 Å². The summed E-state index contributed by atoms with van der Waals surface area (Å²) in [6.07, 6.45) is 2.10. The van der Waals surface area contributed by atoms with Gasteiger partial charge in [0.2, 0.25) is 0 Å². The third-order valence-corrected chi connectivity index (χ3v) is 12.3. The SMILES string of the molecule is Cn1c(-c2cc(C(C)(C)C)cc(C(C)(C)C)c2O)nc2c(-c3[c-]c(-c4cc(-c5ccccc5)c([Si](C)(C)C)cn4)cc(-c4ccccc4)c3)cccc21.[Pt]. The first kappa shape index (κ1) is 39.1. The molecule has 0 aliphatic heterocycles. The van der Waals surface area contributed by atoms with Crippen molar-refractivity contribution in [1.82, 2.24) is 14.5 Å². The molecule has 0 saturated heterocycles. The van der Waals surface area contributed by atoms with Crippen molar-refractivity contribution in [2.45, 2.75) is 72.0 Å². The van der Waals surface area contributed by atoms with Gasteiger partial charge in [0.25, 0.3) is 0 Å². The van der Waals surface area contributed by atoms with Gasteiger partial charge in [-0.2, -0.15) is 0 Å². The molecule has 7 aromatic rings. The Morgan fingerprint density at radius 1 is 0.648 bits per heavy atom. The molecule has 0 amide bonds. The van der Waals surface area contributed by atoms with Gasteiger partial charge in [0.1, 0.15) is 11.6 Å². The summed E-state index contributed by atoms with van der Waals surface area (Å²) in [6, 6.07) is 42.3. The number of imidazole rings is 1. The van der Waals surface area contributed by atoms with Crippen LogP contribution in [0.1, 0.15) is 52.7 Å². The largest absolute Gasteiger partial charge is 0.507 e. The number of hydrogen-bond acceptors (Lipinski definition) is 3. The van der Waals surface area contributed by atoms with Crippen LogP contribution in [-0.2, 0) is 38.9 Å². The number of para-hydroxylation sites is 1. The minimum Gasteiger partial charge on any atom is -0.507 e. The third-order valence-electron chi connectivity index (χ3n) is 10.3. The molecular weight excluding hydrogens is 858 g/mol. The summed E-state index contributed by atoms with van der Waals surface area (Å²) >= 11 is 0. The average Bonchev–Trinajstić information content (AvgIpc) is 3.46. The van der Waals surface area contributed by atoms with Crippen LogP contribution < -0.4 is 5.19 Å². The van der Waals surface area contributed by atoms with Crippen molar-refractivity contribution in [3.8, 4) is 61.8 Å². The number of fused-ring (bicyclic) bond motifs is 1. The fourth-order valence-corrected chi connectivity index (χ4v) is 8.67.